The molecule has 0 saturated carbocycles. The van der Waals surface area contributed by atoms with Crippen molar-refractivity contribution in [2.75, 3.05) is 0 Å². The fraction of sp³-hybridized carbons (Fsp3) is 0.500. The van der Waals surface area contributed by atoms with Crippen molar-refractivity contribution in [1.82, 2.24) is 5.32 Å². The first-order valence-electron chi connectivity index (χ1n) is 2.83. The zero-order chi connectivity index (χ0) is 6.85. The molecule has 2 atom stereocenters. The van der Waals surface area contributed by atoms with Gasteiger partial charge in [0, 0.05) is 0 Å². The van der Waals surface area contributed by atoms with Crippen LogP contribution >= 0.6 is 0 Å². The molecule has 0 unspecified atom stereocenters. The Morgan fingerprint density at radius 1 is 1.89 bits per heavy atom. The fourth-order valence-corrected chi connectivity index (χ4v) is 0.780. The van der Waals surface area contributed by atoms with Crippen LogP contribution in [0.5, 0.6) is 0 Å². The van der Waals surface area contributed by atoms with Gasteiger partial charge in [-0.1, -0.05) is 6.58 Å². The lowest BCUT2D eigenvalue weighted by atomic mass is 10.2. The molecule has 1 aliphatic rings. The molecule has 3 nitrogen and oxygen atoms in total. The van der Waals surface area contributed by atoms with Gasteiger partial charge in [0.15, 0.2) is 0 Å². The third-order valence-corrected chi connectivity index (χ3v) is 1.31. The summed E-state index contributed by atoms with van der Waals surface area (Å²) in [7, 11) is 0. The second kappa shape index (κ2) is 2.09. The summed E-state index contributed by atoms with van der Waals surface area (Å²) in [4.78, 5) is 10.4. The van der Waals surface area contributed by atoms with Gasteiger partial charge in [0.05, 0.1) is 6.04 Å². The third kappa shape index (κ3) is 1.04. The van der Waals surface area contributed by atoms with E-state index in [1.165, 1.54) is 0 Å². The summed E-state index contributed by atoms with van der Waals surface area (Å²) in [5.74, 6) is 0. The van der Waals surface area contributed by atoms with Gasteiger partial charge in [-0.25, -0.2) is 4.79 Å². The van der Waals surface area contributed by atoms with E-state index < -0.39 is 0 Å². The Hall–Kier alpha value is -0.990. The first-order valence-corrected chi connectivity index (χ1v) is 2.83. The van der Waals surface area contributed by atoms with Gasteiger partial charge >= 0.3 is 6.09 Å². The van der Waals surface area contributed by atoms with E-state index in [1.54, 1.807) is 6.08 Å². The van der Waals surface area contributed by atoms with E-state index in [1.807, 2.05) is 6.92 Å². The number of cyclic esters (lactones) is 1. The first-order chi connectivity index (χ1) is 4.24. The molecular weight excluding hydrogens is 118 g/mol. The highest BCUT2D eigenvalue weighted by molar-refractivity contribution is 5.70. The predicted octanol–water partition coefficient (Wildman–Crippen LogP) is 0.669. The molecule has 0 spiro atoms. The largest absolute Gasteiger partial charge is 0.440 e. The highest BCUT2D eigenvalue weighted by atomic mass is 16.6. The fourth-order valence-electron chi connectivity index (χ4n) is 0.780. The molecule has 1 heterocycles. The van der Waals surface area contributed by atoms with Crippen molar-refractivity contribution in [1.29, 1.82) is 0 Å². The summed E-state index contributed by atoms with van der Waals surface area (Å²) in [5, 5.41) is 2.59. The number of amides is 1. The maximum absolute atomic E-state index is 10.4. The maximum Gasteiger partial charge on any atom is 0.408 e. The molecule has 1 saturated heterocycles. The molecule has 9 heavy (non-hydrogen) atoms. The number of nitrogens with one attached hydrogen (secondary N) is 1. The highest BCUT2D eigenvalue weighted by Gasteiger charge is 2.27. The van der Waals surface area contributed by atoms with Crippen molar-refractivity contribution < 1.29 is 9.53 Å². The van der Waals surface area contributed by atoms with Crippen LogP contribution in [0.3, 0.4) is 0 Å². The minimum Gasteiger partial charge on any atom is -0.440 e. The van der Waals surface area contributed by atoms with E-state index in [4.69, 9.17) is 4.74 Å². The van der Waals surface area contributed by atoms with Crippen LogP contribution < -0.4 is 5.32 Å². The molecule has 0 aliphatic carbocycles. The SMILES string of the molecule is C=C[C@@H]1OC(=O)N[C@H]1C. The van der Waals surface area contributed by atoms with E-state index in [0.29, 0.717) is 0 Å². The summed E-state index contributed by atoms with van der Waals surface area (Å²) >= 11 is 0. The number of ether oxygens (including phenoxy) is 1. The molecule has 0 aromatic rings. The van der Waals surface area contributed by atoms with Crippen molar-refractivity contribution in [3.05, 3.63) is 12.7 Å². The van der Waals surface area contributed by atoms with Gasteiger partial charge in [-0.3, -0.25) is 0 Å². The average molecular weight is 127 g/mol. The van der Waals surface area contributed by atoms with Gasteiger partial charge in [0.1, 0.15) is 6.10 Å². The quantitative estimate of drug-likeness (QED) is 0.526. The van der Waals surface area contributed by atoms with Crippen LogP contribution in [0, 0.1) is 0 Å². The normalized spacial score (nSPS) is 33.2. The first kappa shape index (κ1) is 6.13. The summed E-state index contributed by atoms with van der Waals surface area (Å²) in [6.07, 6.45) is 1.10. The van der Waals surface area contributed by atoms with Gasteiger partial charge in [0.2, 0.25) is 0 Å². The smallest absolute Gasteiger partial charge is 0.408 e. The van der Waals surface area contributed by atoms with Gasteiger partial charge in [-0.05, 0) is 13.0 Å². The monoisotopic (exact) mass is 127 g/mol. The Balaban J connectivity index is 2.57. The van der Waals surface area contributed by atoms with Gasteiger partial charge in [0.25, 0.3) is 0 Å². The van der Waals surface area contributed by atoms with Crippen LogP contribution in [0.4, 0.5) is 4.79 Å². The molecule has 1 N–H and O–H groups in total. The van der Waals surface area contributed by atoms with Crippen LogP contribution in [0.25, 0.3) is 0 Å². The minimum absolute atomic E-state index is 0.0648. The summed E-state index contributed by atoms with van der Waals surface area (Å²) in [6.45, 7) is 5.38. The molecule has 0 aromatic carbocycles. The van der Waals surface area contributed by atoms with Crippen molar-refractivity contribution >= 4 is 6.09 Å². The molecule has 50 valence electrons. The van der Waals surface area contributed by atoms with E-state index in [9.17, 15) is 4.79 Å². The minimum atomic E-state index is -0.354. The number of hydrogen-bond acceptors (Lipinski definition) is 2. The Bertz CT molecular complexity index is 144. The van der Waals surface area contributed by atoms with Crippen molar-refractivity contribution in [3.8, 4) is 0 Å². The van der Waals surface area contributed by atoms with E-state index in [0.717, 1.165) is 0 Å². The Labute approximate surface area is 53.7 Å². The zero-order valence-corrected chi connectivity index (χ0v) is 5.26. The lowest BCUT2D eigenvalue weighted by Gasteiger charge is -2.04. The summed E-state index contributed by atoms with van der Waals surface area (Å²) in [5.41, 5.74) is 0. The van der Waals surface area contributed by atoms with E-state index in [-0.39, 0.29) is 18.2 Å². The van der Waals surface area contributed by atoms with Gasteiger partial charge in [-0.15, -0.1) is 0 Å². The number of carbonyl (C=O) groups excluding carboxylic acids is 1. The molecule has 0 radical (unpaired) electrons. The Morgan fingerprint density at radius 2 is 2.56 bits per heavy atom. The highest BCUT2D eigenvalue weighted by Crippen LogP contribution is 2.07. The lowest BCUT2D eigenvalue weighted by molar-refractivity contribution is 0.154. The second-order valence-electron chi connectivity index (χ2n) is 2.04. The van der Waals surface area contributed by atoms with Crippen molar-refractivity contribution in [2.24, 2.45) is 0 Å². The zero-order valence-electron chi connectivity index (χ0n) is 5.26. The maximum atomic E-state index is 10.4. The van der Waals surface area contributed by atoms with Crippen LogP contribution in [-0.4, -0.2) is 18.2 Å². The summed E-state index contributed by atoms with van der Waals surface area (Å²) < 4.78 is 4.75. The van der Waals surface area contributed by atoms with Crippen molar-refractivity contribution in [3.63, 3.8) is 0 Å². The molecule has 1 fully saturated rings. The average Bonchev–Trinajstić information content (AvgIpc) is 2.10. The number of rotatable bonds is 1. The van der Waals surface area contributed by atoms with Crippen molar-refractivity contribution in [2.45, 2.75) is 19.1 Å². The molecule has 0 aromatic heterocycles. The number of alkyl carbamates (subject to hydrolysis) is 1. The van der Waals surface area contributed by atoms with Crippen LogP contribution in [-0.2, 0) is 4.74 Å². The predicted molar refractivity (Wildman–Crippen MR) is 33.1 cm³/mol. The topological polar surface area (TPSA) is 38.3 Å². The third-order valence-electron chi connectivity index (χ3n) is 1.31. The Kier molecular flexibility index (Phi) is 1.42. The van der Waals surface area contributed by atoms with Crippen LogP contribution in [0.1, 0.15) is 6.92 Å². The molecule has 1 rings (SSSR count). The number of hydrogen-bond donors (Lipinski definition) is 1. The molecule has 1 amide bonds. The van der Waals surface area contributed by atoms with Gasteiger partial charge in [-0.2, -0.15) is 0 Å². The second-order valence-corrected chi connectivity index (χ2v) is 2.04. The lowest BCUT2D eigenvalue weighted by Crippen LogP contribution is -2.26. The van der Waals surface area contributed by atoms with Gasteiger partial charge < -0.3 is 10.1 Å². The van der Waals surface area contributed by atoms with Crippen LogP contribution in [0.15, 0.2) is 12.7 Å². The molecule has 3 heteroatoms. The summed E-state index contributed by atoms with van der Waals surface area (Å²) in [6, 6.07) is 0.0648. The molecule has 0 bridgehead atoms. The molecule has 1 aliphatic heterocycles. The van der Waals surface area contributed by atoms with E-state index in [2.05, 4.69) is 11.9 Å². The van der Waals surface area contributed by atoms with E-state index >= 15 is 0 Å². The number of carbonyl (C=O) groups is 1. The molecular formula is C6H9NO2. The standard InChI is InChI=1S/C6H9NO2/c1-3-5-4(2)7-6(8)9-5/h3-5H,1H2,2H3,(H,7,8)/t4-,5-/m0/s1. The Morgan fingerprint density at radius 3 is 2.78 bits per heavy atom. The van der Waals surface area contributed by atoms with Crippen LogP contribution in [0.2, 0.25) is 0 Å².